The zero-order chi connectivity index (χ0) is 19.7. The Balaban J connectivity index is 1.74. The van der Waals surface area contributed by atoms with Crippen LogP contribution in [-0.4, -0.2) is 42.5 Å². The summed E-state index contributed by atoms with van der Waals surface area (Å²) in [5.74, 6) is 0.913. The molecule has 144 valence electrons. The number of para-hydroxylation sites is 2. The number of rotatable bonds is 6. The van der Waals surface area contributed by atoms with E-state index >= 15 is 0 Å². The number of nitrogens with zero attached hydrogens (tertiary/aromatic N) is 1. The van der Waals surface area contributed by atoms with Crippen LogP contribution in [0.4, 0.5) is 5.69 Å². The van der Waals surface area contributed by atoms with E-state index in [-0.39, 0.29) is 11.8 Å². The number of β-lactam (4-membered cyclic amide) rings is 1. The number of anilines is 1. The minimum Gasteiger partial charge on any atom is -0.497 e. The van der Waals surface area contributed by atoms with Gasteiger partial charge in [-0.05, 0) is 30.3 Å². The number of hydrogen-bond acceptors (Lipinski definition) is 4. The SMILES string of the molecule is COc1ccc2[nH]cc([C@H](C(=O)Nc3ccccc3OC)N3CCC3=O)c2c1. The molecule has 1 atom stereocenters. The molecule has 4 rings (SSSR count). The van der Waals surface area contributed by atoms with E-state index in [9.17, 15) is 9.59 Å². The molecule has 0 spiro atoms. The number of carbonyl (C=O) groups is 2. The number of aromatic amines is 1. The molecule has 0 radical (unpaired) electrons. The summed E-state index contributed by atoms with van der Waals surface area (Å²) in [4.78, 5) is 30.2. The predicted molar refractivity (Wildman–Crippen MR) is 106 cm³/mol. The number of likely N-dealkylation sites (tertiary alicyclic amines) is 1. The van der Waals surface area contributed by atoms with Crippen LogP contribution >= 0.6 is 0 Å². The summed E-state index contributed by atoms with van der Waals surface area (Å²) in [5, 5.41) is 3.76. The molecule has 1 saturated heterocycles. The molecule has 2 heterocycles. The third kappa shape index (κ3) is 3.05. The predicted octanol–water partition coefficient (Wildman–Crippen LogP) is 3.10. The average Bonchev–Trinajstić information content (AvgIpc) is 3.13. The van der Waals surface area contributed by atoms with Gasteiger partial charge in [0.2, 0.25) is 5.91 Å². The molecule has 7 heteroatoms. The Morgan fingerprint density at radius 2 is 2.00 bits per heavy atom. The minimum absolute atomic E-state index is 0.0441. The van der Waals surface area contributed by atoms with Crippen LogP contribution in [0, 0.1) is 0 Å². The van der Waals surface area contributed by atoms with E-state index in [1.54, 1.807) is 37.4 Å². The number of amides is 2. The monoisotopic (exact) mass is 379 g/mol. The fourth-order valence-electron chi connectivity index (χ4n) is 3.48. The first-order valence-electron chi connectivity index (χ1n) is 9.00. The van der Waals surface area contributed by atoms with Crippen LogP contribution in [0.5, 0.6) is 11.5 Å². The largest absolute Gasteiger partial charge is 0.497 e. The summed E-state index contributed by atoms with van der Waals surface area (Å²) in [6.45, 7) is 0.541. The van der Waals surface area contributed by atoms with Gasteiger partial charge in [-0.15, -0.1) is 0 Å². The summed E-state index contributed by atoms with van der Waals surface area (Å²) < 4.78 is 10.6. The van der Waals surface area contributed by atoms with Gasteiger partial charge in [-0.25, -0.2) is 0 Å². The second-order valence-electron chi connectivity index (χ2n) is 6.58. The molecule has 0 aliphatic carbocycles. The lowest BCUT2D eigenvalue weighted by atomic mass is 9.99. The first-order chi connectivity index (χ1) is 13.6. The Hall–Kier alpha value is -3.48. The van der Waals surface area contributed by atoms with Crippen molar-refractivity contribution in [2.45, 2.75) is 12.5 Å². The number of ether oxygens (including phenoxy) is 2. The van der Waals surface area contributed by atoms with Gasteiger partial charge >= 0.3 is 0 Å². The second kappa shape index (κ2) is 7.26. The standard InChI is InChI=1S/C21H21N3O4/c1-27-13-7-8-16-14(11-13)15(12-22-16)20(24-10-9-19(24)25)21(26)23-17-5-3-4-6-18(17)28-2/h3-8,11-12,20,22H,9-10H2,1-2H3,(H,23,26)/t20-/m1/s1. The third-order valence-electron chi connectivity index (χ3n) is 5.03. The van der Waals surface area contributed by atoms with Crippen LogP contribution in [0.25, 0.3) is 10.9 Å². The Labute approximate surface area is 162 Å². The summed E-state index contributed by atoms with van der Waals surface area (Å²) in [7, 11) is 3.14. The molecule has 28 heavy (non-hydrogen) atoms. The van der Waals surface area contributed by atoms with Crippen molar-refractivity contribution in [3.05, 3.63) is 54.2 Å². The molecule has 0 unspecified atom stereocenters. The minimum atomic E-state index is -0.744. The Morgan fingerprint density at radius 3 is 2.68 bits per heavy atom. The number of carbonyl (C=O) groups excluding carboxylic acids is 2. The molecule has 7 nitrogen and oxygen atoms in total. The molecule has 3 aromatic rings. The molecule has 0 bridgehead atoms. The van der Waals surface area contributed by atoms with E-state index in [1.807, 2.05) is 30.3 Å². The van der Waals surface area contributed by atoms with Crippen molar-refractivity contribution in [3.63, 3.8) is 0 Å². The number of hydrogen-bond donors (Lipinski definition) is 2. The normalized spacial score (nSPS) is 14.5. The van der Waals surface area contributed by atoms with Gasteiger partial charge in [-0.2, -0.15) is 0 Å². The maximum Gasteiger partial charge on any atom is 0.252 e. The summed E-state index contributed by atoms with van der Waals surface area (Å²) >= 11 is 0. The molecule has 1 aliphatic heterocycles. The van der Waals surface area contributed by atoms with Gasteiger partial charge in [-0.3, -0.25) is 9.59 Å². The molecule has 0 saturated carbocycles. The topological polar surface area (TPSA) is 83.7 Å². The van der Waals surface area contributed by atoms with Crippen LogP contribution in [-0.2, 0) is 9.59 Å². The number of benzene rings is 2. The number of methoxy groups -OCH3 is 2. The zero-order valence-electron chi connectivity index (χ0n) is 15.7. The summed E-state index contributed by atoms with van der Waals surface area (Å²) in [5.41, 5.74) is 2.17. The van der Waals surface area contributed by atoms with Crippen molar-refractivity contribution >= 4 is 28.4 Å². The second-order valence-corrected chi connectivity index (χ2v) is 6.58. The van der Waals surface area contributed by atoms with Gasteiger partial charge in [0.1, 0.15) is 17.5 Å². The van der Waals surface area contributed by atoms with E-state index < -0.39 is 6.04 Å². The van der Waals surface area contributed by atoms with Crippen molar-refractivity contribution in [1.82, 2.24) is 9.88 Å². The highest BCUT2D eigenvalue weighted by Gasteiger charge is 2.38. The Morgan fingerprint density at radius 1 is 1.18 bits per heavy atom. The van der Waals surface area contributed by atoms with Crippen LogP contribution in [0.3, 0.4) is 0 Å². The van der Waals surface area contributed by atoms with Gasteiger partial charge in [0.15, 0.2) is 0 Å². The fraction of sp³-hybridized carbons (Fsp3) is 0.238. The molecule has 2 N–H and O–H groups in total. The van der Waals surface area contributed by atoms with Crippen LogP contribution in [0.2, 0.25) is 0 Å². The number of nitrogens with one attached hydrogen (secondary N) is 2. The summed E-state index contributed by atoms with van der Waals surface area (Å²) in [6.07, 6.45) is 2.23. The van der Waals surface area contributed by atoms with Crippen LogP contribution in [0.1, 0.15) is 18.0 Å². The van der Waals surface area contributed by atoms with E-state index in [2.05, 4.69) is 10.3 Å². The van der Waals surface area contributed by atoms with Gasteiger partial charge in [0.05, 0.1) is 19.9 Å². The van der Waals surface area contributed by atoms with Crippen LogP contribution in [0.15, 0.2) is 48.7 Å². The molecule has 1 aromatic heterocycles. The summed E-state index contributed by atoms with van der Waals surface area (Å²) in [6, 6.07) is 12.1. The lowest BCUT2D eigenvalue weighted by Crippen LogP contribution is -2.49. The first kappa shape index (κ1) is 17.9. The van der Waals surface area contributed by atoms with Gasteiger partial charge in [0.25, 0.3) is 5.91 Å². The van der Waals surface area contributed by atoms with Gasteiger partial charge in [0, 0.05) is 35.6 Å². The molecule has 1 aliphatic rings. The first-order valence-corrected chi connectivity index (χ1v) is 9.00. The fourth-order valence-corrected chi connectivity index (χ4v) is 3.48. The highest BCUT2D eigenvalue weighted by Crippen LogP contribution is 2.35. The average molecular weight is 379 g/mol. The van der Waals surface area contributed by atoms with Crippen molar-refractivity contribution < 1.29 is 19.1 Å². The van der Waals surface area contributed by atoms with Crippen molar-refractivity contribution in [1.29, 1.82) is 0 Å². The Kier molecular flexibility index (Phi) is 4.65. The number of aromatic nitrogens is 1. The van der Waals surface area contributed by atoms with Crippen molar-refractivity contribution in [3.8, 4) is 11.5 Å². The zero-order valence-corrected chi connectivity index (χ0v) is 15.7. The maximum absolute atomic E-state index is 13.3. The van der Waals surface area contributed by atoms with E-state index in [0.29, 0.717) is 30.2 Å². The van der Waals surface area contributed by atoms with Crippen LogP contribution < -0.4 is 14.8 Å². The van der Waals surface area contributed by atoms with E-state index in [1.165, 1.54) is 0 Å². The smallest absolute Gasteiger partial charge is 0.252 e. The van der Waals surface area contributed by atoms with Crippen molar-refractivity contribution in [2.75, 3.05) is 26.1 Å². The molecule has 1 fully saturated rings. The van der Waals surface area contributed by atoms with Gasteiger partial charge < -0.3 is 24.7 Å². The number of H-pyrrole nitrogens is 1. The molecule has 2 aromatic carbocycles. The molecular weight excluding hydrogens is 358 g/mol. The van der Waals surface area contributed by atoms with Crippen molar-refractivity contribution in [2.24, 2.45) is 0 Å². The van der Waals surface area contributed by atoms with E-state index in [0.717, 1.165) is 16.5 Å². The number of fused-ring (bicyclic) bond motifs is 1. The quantitative estimate of drug-likeness (QED) is 0.645. The Bertz CT molecular complexity index is 1040. The lowest BCUT2D eigenvalue weighted by molar-refractivity contribution is -0.147. The van der Waals surface area contributed by atoms with Gasteiger partial charge in [-0.1, -0.05) is 12.1 Å². The highest BCUT2D eigenvalue weighted by molar-refractivity contribution is 6.02. The highest BCUT2D eigenvalue weighted by atomic mass is 16.5. The molecule has 2 amide bonds. The van der Waals surface area contributed by atoms with E-state index in [4.69, 9.17) is 9.47 Å². The maximum atomic E-state index is 13.3. The third-order valence-corrected chi connectivity index (χ3v) is 5.03. The molecular formula is C21H21N3O4. The lowest BCUT2D eigenvalue weighted by Gasteiger charge is -2.37.